The summed E-state index contributed by atoms with van der Waals surface area (Å²) in [6, 6.07) is 5.61. The third-order valence-corrected chi connectivity index (χ3v) is 3.02. The fraction of sp³-hybridized carbons (Fsp3) is 0.308. The second-order valence-corrected chi connectivity index (χ2v) is 4.46. The van der Waals surface area contributed by atoms with Crippen LogP contribution in [0.3, 0.4) is 0 Å². The first-order valence-electron chi connectivity index (χ1n) is 6.31. The van der Waals surface area contributed by atoms with Gasteiger partial charge in [0.25, 0.3) is 0 Å². The van der Waals surface area contributed by atoms with Crippen LogP contribution in [0.4, 0.5) is 4.39 Å². The Balaban J connectivity index is 2.13. The predicted octanol–water partition coefficient (Wildman–Crippen LogP) is 0.380. The lowest BCUT2D eigenvalue weighted by Gasteiger charge is -2.09. The van der Waals surface area contributed by atoms with Crippen molar-refractivity contribution in [1.29, 1.82) is 0 Å². The van der Waals surface area contributed by atoms with E-state index in [1.807, 2.05) is 13.0 Å². The molecule has 0 fully saturated rings. The van der Waals surface area contributed by atoms with Gasteiger partial charge in [-0.3, -0.25) is 4.68 Å². The number of hydrogen-bond acceptors (Lipinski definition) is 4. The summed E-state index contributed by atoms with van der Waals surface area (Å²) in [6.45, 7) is 2.16. The highest BCUT2D eigenvalue weighted by Crippen LogP contribution is 2.17. The quantitative estimate of drug-likeness (QED) is 0.776. The van der Waals surface area contributed by atoms with Crippen molar-refractivity contribution in [1.82, 2.24) is 9.78 Å². The molecular weight excluding hydrogens is 262 g/mol. The molecule has 1 aromatic carbocycles. The van der Waals surface area contributed by atoms with E-state index in [1.165, 1.54) is 12.1 Å². The normalized spacial score (nSPS) is 10.7. The molecular formula is C13H16BFN2O3. The van der Waals surface area contributed by atoms with Crippen molar-refractivity contribution >= 4 is 12.6 Å². The molecule has 1 heterocycles. The van der Waals surface area contributed by atoms with E-state index in [0.717, 1.165) is 23.9 Å². The minimum atomic E-state index is -1.65. The van der Waals surface area contributed by atoms with Crippen molar-refractivity contribution in [2.24, 2.45) is 7.05 Å². The van der Waals surface area contributed by atoms with E-state index in [0.29, 0.717) is 0 Å². The Labute approximate surface area is 116 Å². The maximum absolute atomic E-state index is 13.6. The van der Waals surface area contributed by atoms with Crippen LogP contribution < -0.4 is 10.2 Å². The lowest BCUT2D eigenvalue weighted by atomic mass is 9.80. The first-order valence-corrected chi connectivity index (χ1v) is 6.31. The molecule has 0 amide bonds. The van der Waals surface area contributed by atoms with Crippen molar-refractivity contribution < 1.29 is 19.2 Å². The Morgan fingerprint density at radius 2 is 2.10 bits per heavy atom. The zero-order valence-corrected chi connectivity index (χ0v) is 11.4. The summed E-state index contributed by atoms with van der Waals surface area (Å²) < 4.78 is 20.7. The maximum Gasteiger partial charge on any atom is 0.488 e. The molecule has 0 bridgehead atoms. The molecule has 0 aliphatic carbocycles. The zero-order chi connectivity index (χ0) is 14.7. The second-order valence-electron chi connectivity index (χ2n) is 4.46. The predicted molar refractivity (Wildman–Crippen MR) is 73.1 cm³/mol. The molecule has 2 N–H and O–H groups in total. The van der Waals surface area contributed by atoms with Crippen molar-refractivity contribution in [2.75, 3.05) is 0 Å². The van der Waals surface area contributed by atoms with Crippen LogP contribution in [0.5, 0.6) is 5.75 Å². The number of benzene rings is 1. The Hall–Kier alpha value is -1.86. The highest BCUT2D eigenvalue weighted by atomic mass is 19.1. The van der Waals surface area contributed by atoms with Gasteiger partial charge >= 0.3 is 7.12 Å². The number of aryl methyl sites for hydroxylation is 2. The molecule has 2 aromatic rings. The van der Waals surface area contributed by atoms with Gasteiger partial charge in [0.2, 0.25) is 0 Å². The van der Waals surface area contributed by atoms with Crippen LogP contribution in [-0.4, -0.2) is 26.9 Å². The molecule has 0 saturated heterocycles. The number of ether oxygens (including phenoxy) is 1. The summed E-state index contributed by atoms with van der Waals surface area (Å²) in [5.74, 6) is -0.567. The molecule has 0 aliphatic rings. The largest absolute Gasteiger partial charge is 0.488 e. The third-order valence-electron chi connectivity index (χ3n) is 3.02. The van der Waals surface area contributed by atoms with Gasteiger partial charge in [0.05, 0.1) is 11.4 Å². The van der Waals surface area contributed by atoms with Crippen LogP contribution in [0.1, 0.15) is 18.3 Å². The standard InChI is InChI=1S/C13H16BFN2O3/c1-3-10-7-11(17(2)16-10)8-20-13-6-9(14(18)19)4-5-12(13)15/h4-7,18-19H,3,8H2,1-2H3. The van der Waals surface area contributed by atoms with Crippen molar-refractivity contribution in [3.05, 3.63) is 41.5 Å². The summed E-state index contributed by atoms with van der Waals surface area (Å²) in [4.78, 5) is 0. The highest BCUT2D eigenvalue weighted by Gasteiger charge is 2.15. The van der Waals surface area contributed by atoms with E-state index in [4.69, 9.17) is 14.8 Å². The average molecular weight is 278 g/mol. The molecule has 0 atom stereocenters. The molecule has 0 radical (unpaired) electrons. The lowest BCUT2D eigenvalue weighted by molar-refractivity contribution is 0.280. The van der Waals surface area contributed by atoms with Crippen LogP contribution in [-0.2, 0) is 20.1 Å². The number of halogens is 1. The minimum Gasteiger partial charge on any atom is -0.484 e. The molecule has 2 rings (SSSR count). The van der Waals surface area contributed by atoms with Crippen LogP contribution in [0.25, 0.3) is 0 Å². The van der Waals surface area contributed by atoms with Gasteiger partial charge in [0.15, 0.2) is 11.6 Å². The van der Waals surface area contributed by atoms with E-state index in [9.17, 15) is 4.39 Å². The van der Waals surface area contributed by atoms with Crippen LogP contribution in [0.15, 0.2) is 24.3 Å². The van der Waals surface area contributed by atoms with Crippen molar-refractivity contribution in [3.63, 3.8) is 0 Å². The summed E-state index contributed by atoms with van der Waals surface area (Å²) in [7, 11) is 0.142. The van der Waals surface area contributed by atoms with Crippen LogP contribution in [0.2, 0.25) is 0 Å². The minimum absolute atomic E-state index is 0.0187. The molecule has 20 heavy (non-hydrogen) atoms. The van der Waals surface area contributed by atoms with Crippen LogP contribution in [0, 0.1) is 5.82 Å². The molecule has 5 nitrogen and oxygen atoms in total. The molecule has 0 aliphatic heterocycles. The Morgan fingerprint density at radius 1 is 1.35 bits per heavy atom. The van der Waals surface area contributed by atoms with Gasteiger partial charge in [-0.15, -0.1) is 0 Å². The smallest absolute Gasteiger partial charge is 0.484 e. The highest BCUT2D eigenvalue weighted by molar-refractivity contribution is 6.58. The van der Waals surface area contributed by atoms with E-state index < -0.39 is 12.9 Å². The summed E-state index contributed by atoms with van der Waals surface area (Å²) >= 11 is 0. The summed E-state index contributed by atoms with van der Waals surface area (Å²) in [6.07, 6.45) is 0.814. The first kappa shape index (κ1) is 14.6. The number of hydrogen-bond donors (Lipinski definition) is 2. The molecule has 0 spiro atoms. The van der Waals surface area contributed by atoms with Gasteiger partial charge in [-0.2, -0.15) is 5.10 Å². The van der Waals surface area contributed by atoms with E-state index in [-0.39, 0.29) is 17.8 Å². The van der Waals surface area contributed by atoms with Gasteiger partial charge in [-0.25, -0.2) is 4.39 Å². The zero-order valence-electron chi connectivity index (χ0n) is 11.4. The first-order chi connectivity index (χ1) is 9.51. The van der Waals surface area contributed by atoms with Crippen molar-refractivity contribution in [3.8, 4) is 5.75 Å². The van der Waals surface area contributed by atoms with Crippen LogP contribution >= 0.6 is 0 Å². The van der Waals surface area contributed by atoms with E-state index >= 15 is 0 Å². The molecule has 7 heteroatoms. The SMILES string of the molecule is CCc1cc(COc2cc(B(O)O)ccc2F)n(C)n1. The number of aromatic nitrogens is 2. The monoisotopic (exact) mass is 278 g/mol. The Morgan fingerprint density at radius 3 is 2.70 bits per heavy atom. The third kappa shape index (κ3) is 3.18. The second kappa shape index (κ2) is 6.07. The maximum atomic E-state index is 13.6. The molecule has 106 valence electrons. The average Bonchev–Trinajstić information content (AvgIpc) is 2.78. The Kier molecular flexibility index (Phi) is 4.41. The fourth-order valence-electron chi connectivity index (χ4n) is 1.82. The van der Waals surface area contributed by atoms with E-state index in [1.54, 1.807) is 11.7 Å². The fourth-order valence-corrected chi connectivity index (χ4v) is 1.82. The van der Waals surface area contributed by atoms with Gasteiger partial charge in [-0.05, 0) is 30.1 Å². The molecule has 0 saturated carbocycles. The number of rotatable bonds is 5. The molecule has 1 aromatic heterocycles. The van der Waals surface area contributed by atoms with Gasteiger partial charge in [0.1, 0.15) is 6.61 Å². The van der Waals surface area contributed by atoms with Gasteiger partial charge in [0, 0.05) is 7.05 Å². The summed E-state index contributed by atoms with van der Waals surface area (Å²) in [5.41, 5.74) is 1.93. The summed E-state index contributed by atoms with van der Waals surface area (Å²) in [5, 5.41) is 22.4. The number of nitrogens with zero attached hydrogens (tertiary/aromatic N) is 2. The van der Waals surface area contributed by atoms with Gasteiger partial charge < -0.3 is 14.8 Å². The molecule has 0 unspecified atom stereocenters. The van der Waals surface area contributed by atoms with E-state index in [2.05, 4.69) is 5.10 Å². The van der Waals surface area contributed by atoms with Gasteiger partial charge in [-0.1, -0.05) is 13.0 Å². The van der Waals surface area contributed by atoms with Crippen molar-refractivity contribution in [2.45, 2.75) is 20.0 Å². The Bertz CT molecular complexity index is 601. The lowest BCUT2D eigenvalue weighted by Crippen LogP contribution is -2.29. The topological polar surface area (TPSA) is 67.5 Å².